The molecule has 1 aliphatic rings. The molecule has 1 unspecified atom stereocenters. The molecule has 3 aromatic rings. The van der Waals surface area contributed by atoms with Crippen molar-refractivity contribution in [2.24, 2.45) is 0 Å². The summed E-state index contributed by atoms with van der Waals surface area (Å²) in [6, 6.07) is 3.89. The van der Waals surface area contributed by atoms with E-state index in [1.165, 1.54) is 11.3 Å². The summed E-state index contributed by atoms with van der Waals surface area (Å²) in [5.74, 6) is 0.446. The first kappa shape index (κ1) is 20.5. The summed E-state index contributed by atoms with van der Waals surface area (Å²) >= 11 is 1.42. The van der Waals surface area contributed by atoms with Gasteiger partial charge in [0.1, 0.15) is 10.6 Å². The topological polar surface area (TPSA) is 88.8 Å². The highest BCUT2D eigenvalue weighted by Crippen LogP contribution is 2.40. The van der Waals surface area contributed by atoms with Crippen LogP contribution in [0, 0.1) is 6.92 Å². The van der Waals surface area contributed by atoms with Gasteiger partial charge in [0.15, 0.2) is 5.69 Å². The number of hydrogen-bond acceptors (Lipinski definition) is 7. The van der Waals surface area contributed by atoms with Crippen LogP contribution in [0.1, 0.15) is 49.4 Å². The third-order valence-electron chi connectivity index (χ3n) is 5.46. The van der Waals surface area contributed by atoms with Crippen molar-refractivity contribution in [3.63, 3.8) is 0 Å². The molecule has 0 aromatic carbocycles. The summed E-state index contributed by atoms with van der Waals surface area (Å²) in [5.41, 5.74) is 1.97. The molecule has 4 rings (SSSR count). The Hall–Kier alpha value is -2.78. The van der Waals surface area contributed by atoms with Crippen LogP contribution in [0.25, 0.3) is 10.2 Å². The van der Waals surface area contributed by atoms with Crippen LogP contribution in [-0.2, 0) is 11.3 Å². The lowest BCUT2D eigenvalue weighted by Gasteiger charge is -2.17. The molecule has 1 saturated heterocycles. The molecule has 158 valence electrons. The third kappa shape index (κ3) is 3.48. The zero-order chi connectivity index (χ0) is 21.4. The molecule has 1 fully saturated rings. The lowest BCUT2D eigenvalue weighted by Crippen LogP contribution is -2.30. The van der Waals surface area contributed by atoms with E-state index in [-0.39, 0.29) is 24.3 Å². The molecule has 8 nitrogen and oxygen atoms in total. The maximum atomic E-state index is 13.1. The quantitative estimate of drug-likeness (QED) is 0.621. The van der Waals surface area contributed by atoms with E-state index >= 15 is 0 Å². The number of pyridine rings is 1. The van der Waals surface area contributed by atoms with Crippen molar-refractivity contribution in [2.75, 3.05) is 34.3 Å². The smallest absolute Gasteiger partial charge is 0.276 e. The normalized spacial score (nSPS) is 16.4. The number of hydrogen-bond donors (Lipinski definition) is 0. The van der Waals surface area contributed by atoms with E-state index in [0.717, 1.165) is 22.2 Å². The highest BCUT2D eigenvalue weighted by Gasteiger charge is 2.35. The number of methoxy groups -OCH3 is 1. The van der Waals surface area contributed by atoms with Gasteiger partial charge in [0.2, 0.25) is 0 Å². The van der Waals surface area contributed by atoms with Gasteiger partial charge in [0.25, 0.3) is 11.8 Å². The molecule has 4 heterocycles. The summed E-state index contributed by atoms with van der Waals surface area (Å²) < 4.78 is 10.4. The van der Waals surface area contributed by atoms with Crippen LogP contribution in [0.15, 0.2) is 22.9 Å². The van der Waals surface area contributed by atoms with Crippen molar-refractivity contribution in [2.45, 2.75) is 25.9 Å². The van der Waals surface area contributed by atoms with Gasteiger partial charge in [-0.25, -0.2) is 4.98 Å². The highest BCUT2D eigenvalue weighted by molar-refractivity contribution is 7.20. The molecule has 0 N–H and O–H groups in total. The molecule has 1 aliphatic heterocycles. The van der Waals surface area contributed by atoms with Crippen LogP contribution in [0.4, 0.5) is 0 Å². The molecule has 0 saturated carbocycles. The molecule has 30 heavy (non-hydrogen) atoms. The number of thiophene rings is 1. The minimum absolute atomic E-state index is 0.0349. The van der Waals surface area contributed by atoms with E-state index in [9.17, 15) is 9.59 Å². The van der Waals surface area contributed by atoms with Crippen LogP contribution in [0.5, 0.6) is 0 Å². The Bertz CT molecular complexity index is 1100. The van der Waals surface area contributed by atoms with Gasteiger partial charge in [-0.1, -0.05) is 11.2 Å². The van der Waals surface area contributed by atoms with Gasteiger partial charge in [-0.2, -0.15) is 0 Å². The van der Waals surface area contributed by atoms with Gasteiger partial charge < -0.3 is 19.1 Å². The van der Waals surface area contributed by atoms with Crippen LogP contribution in [0.3, 0.4) is 0 Å². The standard InChI is InChI=1S/C21H24N4O4S/c1-12-15(11-28-4)17(23-29-12)20(26)25-9-7-13(10-25)16-14-6-5-8-22-19(14)30-18(16)21(27)24(2)3/h5-6,8,13H,7,9-11H2,1-4H3. The number of carbonyl (C=O) groups excluding carboxylic acids is 2. The number of nitrogens with zero attached hydrogens (tertiary/aromatic N) is 4. The molecular weight excluding hydrogens is 404 g/mol. The Morgan fingerprint density at radius 2 is 2.20 bits per heavy atom. The zero-order valence-corrected chi connectivity index (χ0v) is 18.3. The fourth-order valence-electron chi connectivity index (χ4n) is 3.92. The van der Waals surface area contributed by atoms with Gasteiger partial charge in [-0.05, 0) is 25.0 Å². The predicted octanol–water partition coefficient (Wildman–Crippen LogP) is 3.07. The Balaban J connectivity index is 1.65. The van der Waals surface area contributed by atoms with E-state index in [4.69, 9.17) is 9.26 Å². The molecule has 0 spiro atoms. The van der Waals surface area contributed by atoms with Crippen molar-refractivity contribution in [3.8, 4) is 0 Å². The number of aromatic nitrogens is 2. The SMILES string of the molecule is COCc1c(C(=O)N2CCC(c3c(C(=O)N(C)C)sc4ncccc34)C2)noc1C. The molecule has 1 atom stereocenters. The number of aryl methyl sites for hydroxylation is 1. The Kier molecular flexibility index (Phi) is 5.57. The van der Waals surface area contributed by atoms with E-state index < -0.39 is 0 Å². The Labute approximate surface area is 178 Å². The summed E-state index contributed by atoms with van der Waals surface area (Å²) in [7, 11) is 5.07. The molecule has 3 aromatic heterocycles. The second-order valence-electron chi connectivity index (χ2n) is 7.64. The summed E-state index contributed by atoms with van der Waals surface area (Å²) in [4.78, 5) is 35.3. The number of amides is 2. The van der Waals surface area contributed by atoms with Crippen LogP contribution >= 0.6 is 11.3 Å². The van der Waals surface area contributed by atoms with E-state index in [1.807, 2.05) is 12.1 Å². The number of rotatable bonds is 5. The lowest BCUT2D eigenvalue weighted by atomic mass is 9.95. The second kappa shape index (κ2) is 8.16. The Morgan fingerprint density at radius 1 is 1.40 bits per heavy atom. The van der Waals surface area contributed by atoms with Gasteiger partial charge in [0.05, 0.1) is 17.0 Å². The summed E-state index contributed by atoms with van der Waals surface area (Å²) in [5, 5.41) is 4.96. The van der Waals surface area contributed by atoms with E-state index in [0.29, 0.717) is 35.0 Å². The zero-order valence-electron chi connectivity index (χ0n) is 17.5. The fourth-order valence-corrected chi connectivity index (χ4v) is 5.17. The second-order valence-corrected chi connectivity index (χ2v) is 8.64. The first-order valence-corrected chi connectivity index (χ1v) is 10.6. The van der Waals surface area contributed by atoms with Crippen molar-refractivity contribution < 1.29 is 18.8 Å². The van der Waals surface area contributed by atoms with E-state index in [2.05, 4.69) is 10.1 Å². The van der Waals surface area contributed by atoms with Crippen molar-refractivity contribution in [3.05, 3.63) is 45.8 Å². The molecular formula is C21H24N4O4S. The number of carbonyl (C=O) groups is 2. The average Bonchev–Trinajstić information content (AvgIpc) is 3.44. The van der Waals surface area contributed by atoms with Crippen molar-refractivity contribution in [1.82, 2.24) is 19.9 Å². The van der Waals surface area contributed by atoms with Crippen LogP contribution < -0.4 is 0 Å². The third-order valence-corrected chi connectivity index (χ3v) is 6.58. The van der Waals surface area contributed by atoms with E-state index in [1.54, 1.807) is 44.1 Å². The fraction of sp³-hybridized carbons (Fsp3) is 0.429. The van der Waals surface area contributed by atoms with Gasteiger partial charge in [-0.3, -0.25) is 9.59 Å². The maximum absolute atomic E-state index is 13.1. The summed E-state index contributed by atoms with van der Waals surface area (Å²) in [6.45, 7) is 3.16. The largest absolute Gasteiger partial charge is 0.380 e. The van der Waals surface area contributed by atoms with Gasteiger partial charge in [-0.15, -0.1) is 11.3 Å². The molecule has 9 heteroatoms. The minimum Gasteiger partial charge on any atom is -0.380 e. The highest BCUT2D eigenvalue weighted by atomic mass is 32.1. The van der Waals surface area contributed by atoms with Crippen LogP contribution in [-0.4, -0.2) is 66.0 Å². The molecule has 0 bridgehead atoms. The van der Waals surface area contributed by atoms with Gasteiger partial charge in [0, 0.05) is 51.8 Å². The molecule has 0 radical (unpaired) electrons. The molecule has 2 amide bonds. The number of fused-ring (bicyclic) bond motifs is 1. The van der Waals surface area contributed by atoms with Crippen LogP contribution in [0.2, 0.25) is 0 Å². The maximum Gasteiger partial charge on any atom is 0.276 e. The lowest BCUT2D eigenvalue weighted by molar-refractivity contribution is 0.0776. The van der Waals surface area contributed by atoms with Gasteiger partial charge >= 0.3 is 0 Å². The minimum atomic E-state index is -0.167. The first-order chi connectivity index (χ1) is 14.4. The predicted molar refractivity (Wildman–Crippen MR) is 113 cm³/mol. The molecule has 0 aliphatic carbocycles. The first-order valence-electron chi connectivity index (χ1n) is 9.74. The van der Waals surface area contributed by atoms with Crippen molar-refractivity contribution >= 4 is 33.4 Å². The monoisotopic (exact) mass is 428 g/mol. The summed E-state index contributed by atoms with van der Waals surface area (Å²) in [6.07, 6.45) is 2.51. The number of likely N-dealkylation sites (tertiary alicyclic amines) is 1. The Morgan fingerprint density at radius 3 is 2.93 bits per heavy atom. The number of ether oxygens (including phenoxy) is 1. The van der Waals surface area contributed by atoms with Crippen molar-refractivity contribution in [1.29, 1.82) is 0 Å². The average molecular weight is 429 g/mol.